The summed E-state index contributed by atoms with van der Waals surface area (Å²) in [6.45, 7) is 0. The summed E-state index contributed by atoms with van der Waals surface area (Å²) in [6, 6.07) is 16.7. The number of fused-ring (bicyclic) bond motifs is 1. The van der Waals surface area contributed by atoms with Gasteiger partial charge in [0.25, 0.3) is 5.56 Å². The molecule has 0 fully saturated rings. The number of nitrogens with one attached hydrogen (secondary N) is 1. The number of aromatic amines is 1. The van der Waals surface area contributed by atoms with Crippen LogP contribution in [-0.2, 0) is 0 Å². The predicted octanol–water partition coefficient (Wildman–Crippen LogP) is 3.75. The van der Waals surface area contributed by atoms with E-state index in [1.165, 1.54) is 0 Å². The summed E-state index contributed by atoms with van der Waals surface area (Å²) in [6.07, 6.45) is 1.69. The van der Waals surface area contributed by atoms with E-state index in [1.807, 2.05) is 30.3 Å². The van der Waals surface area contributed by atoms with Crippen LogP contribution in [0.4, 0.5) is 0 Å². The molecule has 22 heavy (non-hydrogen) atoms. The van der Waals surface area contributed by atoms with Gasteiger partial charge in [0.2, 0.25) is 0 Å². The van der Waals surface area contributed by atoms with Gasteiger partial charge in [0, 0.05) is 4.47 Å². The summed E-state index contributed by atoms with van der Waals surface area (Å²) in [5.41, 5.74) is 1.48. The molecule has 0 radical (unpaired) electrons. The van der Waals surface area contributed by atoms with Crippen molar-refractivity contribution in [1.82, 2.24) is 9.97 Å². The molecule has 0 saturated carbocycles. The zero-order valence-electron chi connectivity index (χ0n) is 11.4. The van der Waals surface area contributed by atoms with Crippen LogP contribution in [0.3, 0.4) is 0 Å². The molecule has 0 unspecified atom stereocenters. The topological polar surface area (TPSA) is 69.5 Å². The van der Waals surface area contributed by atoms with E-state index in [2.05, 4.69) is 32.0 Å². The minimum absolute atomic E-state index is 0.252. The largest absolute Gasteiger partial charge is 0.305 e. The van der Waals surface area contributed by atoms with Crippen LogP contribution in [0.1, 0.15) is 11.4 Å². The van der Waals surface area contributed by atoms with Crippen LogP contribution in [0.25, 0.3) is 22.6 Å². The average Bonchev–Trinajstić information content (AvgIpc) is 2.54. The molecule has 0 aliphatic carbocycles. The highest BCUT2D eigenvalue weighted by Gasteiger charge is 2.07. The number of nitrogens with zero attached hydrogens (tertiary/aromatic N) is 2. The van der Waals surface area contributed by atoms with Gasteiger partial charge in [-0.2, -0.15) is 5.26 Å². The molecule has 2 aromatic carbocycles. The number of rotatable bonds is 2. The highest BCUT2D eigenvalue weighted by Crippen LogP contribution is 2.17. The van der Waals surface area contributed by atoms with Crippen LogP contribution in [-0.4, -0.2) is 9.97 Å². The lowest BCUT2D eigenvalue weighted by atomic mass is 10.1. The molecule has 0 aliphatic rings. The molecule has 1 heterocycles. The quantitative estimate of drug-likeness (QED) is 0.714. The van der Waals surface area contributed by atoms with Gasteiger partial charge in [-0.15, -0.1) is 0 Å². The van der Waals surface area contributed by atoms with E-state index in [4.69, 9.17) is 0 Å². The fourth-order valence-electron chi connectivity index (χ4n) is 2.09. The van der Waals surface area contributed by atoms with Crippen LogP contribution in [0.5, 0.6) is 0 Å². The van der Waals surface area contributed by atoms with Gasteiger partial charge in [-0.05, 0) is 35.9 Å². The first-order chi connectivity index (χ1) is 10.7. The zero-order valence-corrected chi connectivity index (χ0v) is 13.0. The summed E-state index contributed by atoms with van der Waals surface area (Å²) >= 11 is 3.36. The van der Waals surface area contributed by atoms with Crippen LogP contribution in [0.15, 0.2) is 57.8 Å². The Balaban J connectivity index is 2.13. The molecular weight excluding hydrogens is 342 g/mol. The van der Waals surface area contributed by atoms with Crippen molar-refractivity contribution >= 4 is 38.5 Å². The van der Waals surface area contributed by atoms with Crippen molar-refractivity contribution in [3.05, 3.63) is 74.7 Å². The van der Waals surface area contributed by atoms with E-state index in [9.17, 15) is 10.1 Å². The Morgan fingerprint density at radius 1 is 1.18 bits per heavy atom. The zero-order chi connectivity index (χ0) is 15.5. The Morgan fingerprint density at radius 3 is 2.64 bits per heavy atom. The summed E-state index contributed by atoms with van der Waals surface area (Å²) < 4.78 is 0.959. The third-order valence-corrected chi connectivity index (χ3v) is 3.70. The van der Waals surface area contributed by atoms with E-state index < -0.39 is 0 Å². The minimum Gasteiger partial charge on any atom is -0.305 e. The van der Waals surface area contributed by atoms with Crippen LogP contribution in [0.2, 0.25) is 0 Å². The van der Waals surface area contributed by atoms with Crippen LogP contribution < -0.4 is 5.56 Å². The third-order valence-electron chi connectivity index (χ3n) is 3.17. The van der Waals surface area contributed by atoms with E-state index in [-0.39, 0.29) is 11.4 Å². The van der Waals surface area contributed by atoms with Crippen molar-refractivity contribution < 1.29 is 0 Å². The van der Waals surface area contributed by atoms with Crippen LogP contribution in [0, 0.1) is 11.3 Å². The maximum Gasteiger partial charge on any atom is 0.259 e. The second-order valence-corrected chi connectivity index (χ2v) is 5.57. The van der Waals surface area contributed by atoms with Gasteiger partial charge in [0.15, 0.2) is 5.82 Å². The van der Waals surface area contributed by atoms with E-state index in [0.29, 0.717) is 16.5 Å². The SMILES string of the molecule is N#C/C(=C/c1ccc(Br)cc1)c1nc2ccccc2c(=O)[nH]1. The molecule has 0 bridgehead atoms. The second kappa shape index (κ2) is 5.96. The number of halogens is 1. The van der Waals surface area contributed by atoms with Crippen LogP contribution >= 0.6 is 15.9 Å². The Bertz CT molecular complexity index is 966. The number of H-pyrrole nitrogens is 1. The minimum atomic E-state index is -0.252. The smallest absolute Gasteiger partial charge is 0.259 e. The first-order valence-corrected chi connectivity index (χ1v) is 7.33. The summed E-state index contributed by atoms with van der Waals surface area (Å²) in [7, 11) is 0. The fraction of sp³-hybridized carbons (Fsp3) is 0. The molecule has 3 rings (SSSR count). The molecule has 0 spiro atoms. The molecule has 1 aromatic heterocycles. The highest BCUT2D eigenvalue weighted by molar-refractivity contribution is 9.10. The third kappa shape index (κ3) is 2.83. The van der Waals surface area contributed by atoms with Crippen molar-refractivity contribution in [3.8, 4) is 6.07 Å². The standard InChI is InChI=1S/C17H10BrN3O/c18-13-7-5-11(6-8-13)9-12(10-19)16-20-15-4-2-1-3-14(15)17(22)21-16/h1-9H,(H,20,21,22)/b12-9-. The van der Waals surface area contributed by atoms with Crippen molar-refractivity contribution in [1.29, 1.82) is 5.26 Å². The number of para-hydroxylation sites is 1. The lowest BCUT2D eigenvalue weighted by molar-refractivity contribution is 1.13. The molecular formula is C17H10BrN3O. The molecule has 106 valence electrons. The lowest BCUT2D eigenvalue weighted by Gasteiger charge is -2.02. The molecule has 0 aliphatic heterocycles. The number of aromatic nitrogens is 2. The Hall–Kier alpha value is -2.71. The summed E-state index contributed by atoms with van der Waals surface area (Å²) in [4.78, 5) is 19.1. The maximum absolute atomic E-state index is 12.1. The lowest BCUT2D eigenvalue weighted by Crippen LogP contribution is -2.11. The van der Waals surface area contributed by atoms with Gasteiger partial charge in [-0.1, -0.05) is 40.2 Å². The summed E-state index contributed by atoms with van der Waals surface area (Å²) in [5, 5.41) is 9.88. The second-order valence-electron chi connectivity index (χ2n) is 4.65. The highest BCUT2D eigenvalue weighted by atomic mass is 79.9. The van der Waals surface area contributed by atoms with Gasteiger partial charge in [-0.25, -0.2) is 4.98 Å². The number of hydrogen-bond donors (Lipinski definition) is 1. The first-order valence-electron chi connectivity index (χ1n) is 6.54. The molecule has 1 N–H and O–H groups in total. The molecule has 0 atom stereocenters. The Kier molecular flexibility index (Phi) is 3.86. The van der Waals surface area contributed by atoms with E-state index in [1.54, 1.807) is 24.3 Å². The Labute approximate surface area is 134 Å². The molecule has 0 amide bonds. The van der Waals surface area contributed by atoms with Gasteiger partial charge in [-0.3, -0.25) is 4.79 Å². The maximum atomic E-state index is 12.1. The molecule has 0 saturated heterocycles. The van der Waals surface area contributed by atoms with Gasteiger partial charge in [0.1, 0.15) is 6.07 Å². The molecule has 3 aromatic rings. The fourth-order valence-corrected chi connectivity index (χ4v) is 2.36. The molecule has 4 nitrogen and oxygen atoms in total. The van der Waals surface area contributed by atoms with Crippen molar-refractivity contribution in [2.45, 2.75) is 0 Å². The van der Waals surface area contributed by atoms with Crippen molar-refractivity contribution in [3.63, 3.8) is 0 Å². The Morgan fingerprint density at radius 2 is 1.91 bits per heavy atom. The monoisotopic (exact) mass is 351 g/mol. The average molecular weight is 352 g/mol. The summed E-state index contributed by atoms with van der Waals surface area (Å²) in [5.74, 6) is 0.272. The van der Waals surface area contributed by atoms with E-state index in [0.717, 1.165) is 10.0 Å². The number of benzene rings is 2. The van der Waals surface area contributed by atoms with Crippen molar-refractivity contribution in [2.24, 2.45) is 0 Å². The van der Waals surface area contributed by atoms with Gasteiger partial charge >= 0.3 is 0 Å². The van der Waals surface area contributed by atoms with Gasteiger partial charge in [0.05, 0.1) is 16.5 Å². The number of hydrogen-bond acceptors (Lipinski definition) is 3. The number of nitriles is 1. The molecule has 5 heteroatoms. The predicted molar refractivity (Wildman–Crippen MR) is 90.0 cm³/mol. The van der Waals surface area contributed by atoms with Crippen molar-refractivity contribution in [2.75, 3.05) is 0 Å². The first kappa shape index (κ1) is 14.2. The number of allylic oxidation sites excluding steroid dienone is 1. The van der Waals surface area contributed by atoms with Gasteiger partial charge < -0.3 is 4.98 Å². The van der Waals surface area contributed by atoms with E-state index >= 15 is 0 Å². The normalized spacial score (nSPS) is 11.4.